The predicted molar refractivity (Wildman–Crippen MR) is 69.4 cm³/mol. The molecule has 1 aliphatic heterocycles. The standard InChI is InChI=1S/C11H18N4O.ClH/c1-8-6-10(14-15(8)2)13-11(16)9-4-3-5-12-7-9;/h6,9,12H,3-5,7H2,1-2H3,(H,13,14,16);1H/t9-;/m1./s1. The summed E-state index contributed by atoms with van der Waals surface area (Å²) < 4.78 is 1.76. The highest BCUT2D eigenvalue weighted by Gasteiger charge is 2.21. The molecule has 1 atom stereocenters. The van der Waals surface area contributed by atoms with Gasteiger partial charge in [0, 0.05) is 25.4 Å². The van der Waals surface area contributed by atoms with Gasteiger partial charge in [-0.2, -0.15) is 5.10 Å². The van der Waals surface area contributed by atoms with Crippen LogP contribution in [0.2, 0.25) is 0 Å². The molecule has 0 aromatic carbocycles. The van der Waals surface area contributed by atoms with Crippen LogP contribution < -0.4 is 10.6 Å². The highest BCUT2D eigenvalue weighted by molar-refractivity contribution is 5.91. The van der Waals surface area contributed by atoms with Gasteiger partial charge in [0.05, 0.1) is 5.92 Å². The maximum atomic E-state index is 11.9. The summed E-state index contributed by atoms with van der Waals surface area (Å²) in [5, 5.41) is 10.3. The summed E-state index contributed by atoms with van der Waals surface area (Å²) in [5.74, 6) is 0.803. The molecule has 0 bridgehead atoms. The van der Waals surface area contributed by atoms with Crippen molar-refractivity contribution in [2.75, 3.05) is 18.4 Å². The zero-order chi connectivity index (χ0) is 11.5. The van der Waals surface area contributed by atoms with Gasteiger partial charge in [-0.3, -0.25) is 9.48 Å². The Morgan fingerprint density at radius 1 is 1.65 bits per heavy atom. The van der Waals surface area contributed by atoms with Crippen LogP contribution in [0.15, 0.2) is 6.07 Å². The molecule has 2 heterocycles. The van der Waals surface area contributed by atoms with E-state index in [1.165, 1.54) is 0 Å². The van der Waals surface area contributed by atoms with Crippen molar-refractivity contribution in [3.8, 4) is 0 Å². The Bertz CT molecular complexity index is 365. The fourth-order valence-electron chi connectivity index (χ4n) is 1.93. The van der Waals surface area contributed by atoms with Crippen LogP contribution in [-0.4, -0.2) is 28.8 Å². The van der Waals surface area contributed by atoms with E-state index in [1.54, 1.807) is 4.68 Å². The lowest BCUT2D eigenvalue weighted by atomic mass is 9.99. The number of anilines is 1. The van der Waals surface area contributed by atoms with Crippen molar-refractivity contribution in [2.24, 2.45) is 13.0 Å². The summed E-state index contributed by atoms with van der Waals surface area (Å²) in [6, 6.07) is 1.88. The molecule has 2 rings (SSSR count). The van der Waals surface area contributed by atoms with Gasteiger partial charge < -0.3 is 10.6 Å². The number of carbonyl (C=O) groups is 1. The second-order valence-electron chi connectivity index (χ2n) is 4.33. The number of carbonyl (C=O) groups excluding carboxylic acids is 1. The average Bonchev–Trinajstić information content (AvgIpc) is 2.59. The summed E-state index contributed by atoms with van der Waals surface area (Å²) >= 11 is 0. The Balaban J connectivity index is 0.00000144. The molecule has 1 saturated heterocycles. The molecule has 6 heteroatoms. The van der Waals surface area contributed by atoms with Gasteiger partial charge in [0.2, 0.25) is 5.91 Å². The molecule has 96 valence electrons. The van der Waals surface area contributed by atoms with Crippen LogP contribution in [0, 0.1) is 12.8 Å². The zero-order valence-corrected chi connectivity index (χ0v) is 11.0. The number of nitrogens with one attached hydrogen (secondary N) is 2. The van der Waals surface area contributed by atoms with Crippen molar-refractivity contribution < 1.29 is 4.79 Å². The van der Waals surface area contributed by atoms with Crippen LogP contribution in [0.1, 0.15) is 18.5 Å². The molecule has 2 N–H and O–H groups in total. The van der Waals surface area contributed by atoms with Crippen LogP contribution in [0.4, 0.5) is 5.82 Å². The van der Waals surface area contributed by atoms with E-state index >= 15 is 0 Å². The molecule has 0 aliphatic carbocycles. The summed E-state index contributed by atoms with van der Waals surface area (Å²) in [5.41, 5.74) is 1.04. The summed E-state index contributed by atoms with van der Waals surface area (Å²) in [4.78, 5) is 11.9. The highest BCUT2D eigenvalue weighted by atomic mass is 35.5. The Morgan fingerprint density at radius 3 is 2.94 bits per heavy atom. The van der Waals surface area contributed by atoms with E-state index in [0.717, 1.165) is 31.6 Å². The van der Waals surface area contributed by atoms with E-state index in [1.807, 2.05) is 20.0 Å². The summed E-state index contributed by atoms with van der Waals surface area (Å²) in [6.07, 6.45) is 2.03. The number of rotatable bonds is 2. The van der Waals surface area contributed by atoms with Crippen molar-refractivity contribution in [3.63, 3.8) is 0 Å². The second-order valence-corrected chi connectivity index (χ2v) is 4.33. The van der Waals surface area contributed by atoms with Crippen LogP contribution in [0.5, 0.6) is 0 Å². The van der Waals surface area contributed by atoms with Crippen molar-refractivity contribution >= 4 is 24.1 Å². The molecule has 1 amide bonds. The first kappa shape index (κ1) is 14.0. The van der Waals surface area contributed by atoms with Crippen molar-refractivity contribution in [1.82, 2.24) is 15.1 Å². The van der Waals surface area contributed by atoms with Gasteiger partial charge in [0.25, 0.3) is 0 Å². The van der Waals surface area contributed by atoms with Gasteiger partial charge in [-0.15, -0.1) is 12.4 Å². The van der Waals surface area contributed by atoms with Gasteiger partial charge in [-0.1, -0.05) is 0 Å². The number of hydrogen-bond acceptors (Lipinski definition) is 3. The summed E-state index contributed by atoms with van der Waals surface area (Å²) in [6.45, 7) is 3.76. The van der Waals surface area contributed by atoms with Gasteiger partial charge in [0.15, 0.2) is 5.82 Å². The molecular formula is C11H19ClN4O. The molecule has 1 aromatic rings. The third-order valence-electron chi connectivity index (χ3n) is 3.03. The lowest BCUT2D eigenvalue weighted by Gasteiger charge is -2.21. The lowest BCUT2D eigenvalue weighted by Crippen LogP contribution is -2.37. The van der Waals surface area contributed by atoms with E-state index in [9.17, 15) is 4.79 Å². The second kappa shape index (κ2) is 6.02. The Labute approximate surface area is 107 Å². The van der Waals surface area contributed by atoms with E-state index in [2.05, 4.69) is 15.7 Å². The average molecular weight is 259 g/mol. The molecule has 0 spiro atoms. The van der Waals surface area contributed by atoms with Crippen molar-refractivity contribution in [3.05, 3.63) is 11.8 Å². The van der Waals surface area contributed by atoms with Crippen LogP contribution >= 0.6 is 12.4 Å². The molecular weight excluding hydrogens is 240 g/mol. The molecule has 1 aliphatic rings. The number of hydrogen-bond donors (Lipinski definition) is 2. The molecule has 0 unspecified atom stereocenters. The first-order chi connectivity index (χ1) is 7.66. The third-order valence-corrected chi connectivity index (χ3v) is 3.03. The normalized spacial score (nSPS) is 19.5. The number of piperidine rings is 1. The minimum Gasteiger partial charge on any atom is -0.316 e. The molecule has 17 heavy (non-hydrogen) atoms. The largest absolute Gasteiger partial charge is 0.316 e. The van der Waals surface area contributed by atoms with Crippen LogP contribution in [0.3, 0.4) is 0 Å². The maximum Gasteiger partial charge on any atom is 0.229 e. The highest BCUT2D eigenvalue weighted by Crippen LogP contribution is 2.13. The van der Waals surface area contributed by atoms with Gasteiger partial charge in [-0.25, -0.2) is 0 Å². The maximum absolute atomic E-state index is 11.9. The number of nitrogens with zero attached hydrogens (tertiary/aromatic N) is 2. The predicted octanol–water partition coefficient (Wildman–Crippen LogP) is 1.09. The third kappa shape index (κ3) is 3.44. The molecule has 1 fully saturated rings. The minimum atomic E-state index is 0. The van der Waals surface area contributed by atoms with E-state index in [0.29, 0.717) is 5.82 Å². The zero-order valence-electron chi connectivity index (χ0n) is 10.2. The van der Waals surface area contributed by atoms with E-state index in [4.69, 9.17) is 0 Å². The summed E-state index contributed by atoms with van der Waals surface area (Å²) in [7, 11) is 1.87. The Hall–Kier alpha value is -1.07. The topological polar surface area (TPSA) is 59.0 Å². The number of aromatic nitrogens is 2. The van der Waals surface area contributed by atoms with Gasteiger partial charge in [-0.05, 0) is 26.3 Å². The molecule has 1 aromatic heterocycles. The van der Waals surface area contributed by atoms with Crippen LogP contribution in [-0.2, 0) is 11.8 Å². The van der Waals surface area contributed by atoms with Crippen molar-refractivity contribution in [1.29, 1.82) is 0 Å². The quantitative estimate of drug-likeness (QED) is 0.835. The monoisotopic (exact) mass is 258 g/mol. The van der Waals surface area contributed by atoms with E-state index < -0.39 is 0 Å². The number of halogens is 1. The van der Waals surface area contributed by atoms with Crippen molar-refractivity contribution in [2.45, 2.75) is 19.8 Å². The first-order valence-electron chi connectivity index (χ1n) is 5.69. The smallest absolute Gasteiger partial charge is 0.229 e. The molecule has 0 radical (unpaired) electrons. The van der Waals surface area contributed by atoms with Crippen LogP contribution in [0.25, 0.3) is 0 Å². The molecule has 5 nitrogen and oxygen atoms in total. The molecule has 0 saturated carbocycles. The number of aryl methyl sites for hydroxylation is 2. The van der Waals surface area contributed by atoms with E-state index in [-0.39, 0.29) is 24.2 Å². The lowest BCUT2D eigenvalue weighted by molar-refractivity contribution is -0.120. The first-order valence-corrected chi connectivity index (χ1v) is 5.69. The van der Waals surface area contributed by atoms with Gasteiger partial charge >= 0.3 is 0 Å². The minimum absolute atomic E-state index is 0. The Morgan fingerprint density at radius 2 is 2.41 bits per heavy atom. The SMILES string of the molecule is Cc1cc(NC(=O)[C@@H]2CCCNC2)nn1C.Cl. The fraction of sp³-hybridized carbons (Fsp3) is 0.636. The fourth-order valence-corrected chi connectivity index (χ4v) is 1.93. The Kier molecular flexibility index (Phi) is 4.96. The van der Waals surface area contributed by atoms with Gasteiger partial charge in [0.1, 0.15) is 0 Å². The number of amides is 1.